The molecule has 2 aromatic rings. The maximum atomic E-state index is 13.6. The summed E-state index contributed by atoms with van der Waals surface area (Å²) in [7, 11) is 0. The Morgan fingerprint density at radius 1 is 0.971 bits per heavy atom. The van der Waals surface area contributed by atoms with E-state index in [0.29, 0.717) is 32.4 Å². The molecule has 0 bridgehead atoms. The standard InChI is InChI=1S/C28H30N2O5/c31-25(32)24-21-11-14-30(15-22(21)24)26(33)28(12-5-6-13-28)29-27(34)35-16-23-19-9-3-1-7-17(19)18-8-2-4-10-20(18)23/h1-4,7-10,21-24H,5-6,11-16H2,(H,29,34)(H,31,32)/t21-,22+,24?/m1/s1. The number of rotatable bonds is 5. The van der Waals surface area contributed by atoms with Crippen LogP contribution in [-0.4, -0.2) is 53.2 Å². The van der Waals surface area contributed by atoms with Crippen LogP contribution < -0.4 is 5.32 Å². The second-order valence-corrected chi connectivity index (χ2v) is 10.5. The largest absolute Gasteiger partial charge is 0.481 e. The number of amides is 2. The van der Waals surface area contributed by atoms with Gasteiger partial charge in [0, 0.05) is 19.0 Å². The van der Waals surface area contributed by atoms with Gasteiger partial charge in [-0.15, -0.1) is 0 Å². The maximum Gasteiger partial charge on any atom is 0.408 e. The van der Waals surface area contributed by atoms with E-state index in [1.165, 1.54) is 11.1 Å². The summed E-state index contributed by atoms with van der Waals surface area (Å²) in [5.74, 6) is -0.989. The summed E-state index contributed by atoms with van der Waals surface area (Å²) in [5, 5.41) is 12.3. The Morgan fingerprint density at radius 3 is 2.23 bits per heavy atom. The van der Waals surface area contributed by atoms with Crippen LogP contribution in [0.3, 0.4) is 0 Å². The molecule has 2 N–H and O–H groups in total. The Morgan fingerprint density at radius 2 is 1.60 bits per heavy atom. The molecule has 0 radical (unpaired) electrons. The highest BCUT2D eigenvalue weighted by Gasteiger charge is 2.58. The fraction of sp³-hybridized carbons (Fsp3) is 0.464. The van der Waals surface area contributed by atoms with E-state index in [2.05, 4.69) is 29.6 Å². The van der Waals surface area contributed by atoms with Gasteiger partial charge in [0.25, 0.3) is 0 Å². The van der Waals surface area contributed by atoms with Crippen molar-refractivity contribution in [2.24, 2.45) is 17.8 Å². The summed E-state index contributed by atoms with van der Waals surface area (Å²) in [6, 6.07) is 16.4. The van der Waals surface area contributed by atoms with E-state index in [9.17, 15) is 19.5 Å². The lowest BCUT2D eigenvalue weighted by Crippen LogP contribution is -2.59. The summed E-state index contributed by atoms with van der Waals surface area (Å²) in [6.07, 6.45) is 3.06. The van der Waals surface area contributed by atoms with E-state index in [0.717, 1.165) is 24.0 Å². The molecule has 1 unspecified atom stereocenters. The SMILES string of the molecule is O=C(NC1(C(=O)N2CC[C@H]3C(C(=O)O)[C@H]3C2)CCCC1)OCC1c2ccccc2-c2ccccc21. The van der Waals surface area contributed by atoms with Gasteiger partial charge in [-0.05, 0) is 53.4 Å². The number of carbonyl (C=O) groups excluding carboxylic acids is 2. The highest BCUT2D eigenvalue weighted by Crippen LogP contribution is 2.52. The number of aliphatic carboxylic acids is 1. The molecule has 4 aliphatic rings. The van der Waals surface area contributed by atoms with Crippen LogP contribution in [0.5, 0.6) is 0 Å². The lowest BCUT2D eigenvalue weighted by molar-refractivity contribution is -0.140. The molecule has 3 fully saturated rings. The number of hydrogen-bond acceptors (Lipinski definition) is 4. The molecule has 182 valence electrons. The molecule has 2 aromatic carbocycles. The van der Waals surface area contributed by atoms with Gasteiger partial charge >= 0.3 is 12.1 Å². The van der Waals surface area contributed by atoms with Crippen molar-refractivity contribution in [1.82, 2.24) is 10.2 Å². The number of piperidine rings is 1. The van der Waals surface area contributed by atoms with Crippen molar-refractivity contribution in [3.63, 3.8) is 0 Å². The number of hydrogen-bond donors (Lipinski definition) is 2. The molecule has 2 amide bonds. The predicted molar refractivity (Wildman–Crippen MR) is 129 cm³/mol. The third-order valence-electron chi connectivity index (χ3n) is 8.62. The maximum absolute atomic E-state index is 13.6. The van der Waals surface area contributed by atoms with Crippen molar-refractivity contribution >= 4 is 18.0 Å². The summed E-state index contributed by atoms with van der Waals surface area (Å²) < 4.78 is 5.74. The number of fused-ring (bicyclic) bond motifs is 4. The monoisotopic (exact) mass is 474 g/mol. The summed E-state index contributed by atoms with van der Waals surface area (Å²) >= 11 is 0. The minimum absolute atomic E-state index is 0.0368. The fourth-order valence-electron chi connectivity index (χ4n) is 6.79. The zero-order valence-electron chi connectivity index (χ0n) is 19.6. The quantitative estimate of drug-likeness (QED) is 0.683. The highest BCUT2D eigenvalue weighted by atomic mass is 16.5. The summed E-state index contributed by atoms with van der Waals surface area (Å²) in [5.41, 5.74) is 3.68. The Bertz CT molecular complexity index is 1140. The van der Waals surface area contributed by atoms with Gasteiger partial charge in [0.05, 0.1) is 5.92 Å². The van der Waals surface area contributed by atoms with E-state index >= 15 is 0 Å². The highest BCUT2D eigenvalue weighted by molar-refractivity contribution is 5.91. The topological polar surface area (TPSA) is 95.9 Å². The third kappa shape index (κ3) is 3.68. The first kappa shape index (κ1) is 22.1. The van der Waals surface area contributed by atoms with Gasteiger partial charge in [-0.25, -0.2) is 4.79 Å². The number of likely N-dealkylation sites (tertiary alicyclic amines) is 1. The first-order valence-electron chi connectivity index (χ1n) is 12.6. The second kappa shape index (κ2) is 8.40. The van der Waals surface area contributed by atoms with Gasteiger partial charge < -0.3 is 20.1 Å². The lowest BCUT2D eigenvalue weighted by atomic mass is 9.94. The number of carboxylic acid groups (broad SMARTS) is 1. The molecular formula is C28H30N2O5. The number of carbonyl (C=O) groups is 3. The molecule has 0 aromatic heterocycles. The van der Waals surface area contributed by atoms with Crippen molar-refractivity contribution in [1.29, 1.82) is 0 Å². The average Bonchev–Trinajstić information content (AvgIpc) is 3.25. The molecule has 35 heavy (non-hydrogen) atoms. The first-order chi connectivity index (χ1) is 17.0. The molecule has 6 rings (SSSR count). The molecular weight excluding hydrogens is 444 g/mol. The smallest absolute Gasteiger partial charge is 0.408 e. The van der Waals surface area contributed by atoms with Crippen molar-refractivity contribution in [2.75, 3.05) is 19.7 Å². The number of nitrogens with zero attached hydrogens (tertiary/aromatic N) is 1. The van der Waals surface area contributed by atoms with Gasteiger partial charge in [0.15, 0.2) is 0 Å². The zero-order valence-corrected chi connectivity index (χ0v) is 19.6. The molecule has 0 spiro atoms. The third-order valence-corrected chi connectivity index (χ3v) is 8.62. The van der Waals surface area contributed by atoms with Gasteiger partial charge in [0.1, 0.15) is 12.1 Å². The average molecular weight is 475 g/mol. The summed E-state index contributed by atoms with van der Waals surface area (Å²) in [4.78, 5) is 39.8. The van der Waals surface area contributed by atoms with Gasteiger partial charge in [-0.3, -0.25) is 9.59 Å². The zero-order chi connectivity index (χ0) is 24.2. The van der Waals surface area contributed by atoms with Crippen molar-refractivity contribution in [3.8, 4) is 11.1 Å². The van der Waals surface area contributed by atoms with Crippen molar-refractivity contribution in [3.05, 3.63) is 59.7 Å². The first-order valence-corrected chi connectivity index (χ1v) is 12.6. The van der Waals surface area contributed by atoms with Gasteiger partial charge in [-0.1, -0.05) is 61.4 Å². The van der Waals surface area contributed by atoms with Crippen LogP contribution in [0, 0.1) is 17.8 Å². The van der Waals surface area contributed by atoms with Crippen LogP contribution in [0.15, 0.2) is 48.5 Å². The number of alkyl carbamates (subject to hydrolysis) is 1. The Labute approximate surface area is 204 Å². The molecule has 7 heteroatoms. The molecule has 3 atom stereocenters. The molecule has 1 saturated heterocycles. The normalized spacial score (nSPS) is 25.8. The van der Waals surface area contributed by atoms with Crippen LogP contribution in [0.4, 0.5) is 4.79 Å². The van der Waals surface area contributed by atoms with E-state index in [-0.39, 0.29) is 36.2 Å². The van der Waals surface area contributed by atoms with E-state index in [1.54, 1.807) is 4.90 Å². The second-order valence-electron chi connectivity index (χ2n) is 10.5. The fourth-order valence-corrected chi connectivity index (χ4v) is 6.79. The van der Waals surface area contributed by atoms with Crippen molar-refractivity contribution < 1.29 is 24.2 Å². The number of ether oxygens (including phenoxy) is 1. The van der Waals surface area contributed by atoms with Gasteiger partial charge in [0.2, 0.25) is 5.91 Å². The number of nitrogens with one attached hydrogen (secondary N) is 1. The Hall–Kier alpha value is -3.35. The minimum atomic E-state index is -0.955. The Kier molecular flexibility index (Phi) is 5.31. The molecule has 1 heterocycles. The molecule has 1 aliphatic heterocycles. The molecule has 3 aliphatic carbocycles. The lowest BCUT2D eigenvalue weighted by Gasteiger charge is -2.36. The van der Waals surface area contributed by atoms with Crippen LogP contribution in [0.25, 0.3) is 11.1 Å². The van der Waals surface area contributed by atoms with Crippen LogP contribution in [-0.2, 0) is 14.3 Å². The number of benzene rings is 2. The Balaban J connectivity index is 1.13. The van der Waals surface area contributed by atoms with Crippen LogP contribution in [0.1, 0.15) is 49.1 Å². The molecule has 7 nitrogen and oxygen atoms in total. The van der Waals surface area contributed by atoms with Crippen LogP contribution >= 0.6 is 0 Å². The van der Waals surface area contributed by atoms with E-state index < -0.39 is 17.6 Å². The summed E-state index contributed by atoms with van der Waals surface area (Å²) in [6.45, 7) is 1.23. The number of carboxylic acids is 1. The van der Waals surface area contributed by atoms with Crippen molar-refractivity contribution in [2.45, 2.75) is 43.6 Å². The van der Waals surface area contributed by atoms with Crippen LogP contribution in [0.2, 0.25) is 0 Å². The van der Waals surface area contributed by atoms with Gasteiger partial charge in [-0.2, -0.15) is 0 Å². The molecule has 2 saturated carbocycles. The predicted octanol–water partition coefficient (Wildman–Crippen LogP) is 4.02. The minimum Gasteiger partial charge on any atom is -0.481 e. The van der Waals surface area contributed by atoms with E-state index in [4.69, 9.17) is 4.74 Å². The van der Waals surface area contributed by atoms with E-state index in [1.807, 2.05) is 24.3 Å².